The van der Waals surface area contributed by atoms with E-state index >= 15 is 0 Å². The number of hydrogen-bond donors (Lipinski definition) is 0. The van der Waals surface area contributed by atoms with Crippen molar-refractivity contribution in [2.45, 2.75) is 18.9 Å². The molecule has 0 bridgehead atoms. The first-order valence-corrected chi connectivity index (χ1v) is 8.48. The van der Waals surface area contributed by atoms with Crippen LogP contribution in [0, 0.1) is 5.82 Å². The summed E-state index contributed by atoms with van der Waals surface area (Å²) in [4.78, 5) is 19.1. The predicted octanol–water partition coefficient (Wildman–Crippen LogP) is 3.61. The van der Waals surface area contributed by atoms with Crippen LogP contribution in [-0.2, 0) is 0 Å². The van der Waals surface area contributed by atoms with Crippen LogP contribution in [0.15, 0.2) is 47.3 Å². The smallest absolute Gasteiger partial charge is 0.259 e. The first-order chi connectivity index (χ1) is 11.6. The molecular weight excluding hydrogens is 375 g/mol. The summed E-state index contributed by atoms with van der Waals surface area (Å²) in [5.74, 6) is -0.402. The third-order valence-electron chi connectivity index (χ3n) is 4.30. The van der Waals surface area contributed by atoms with Gasteiger partial charge in [-0.3, -0.25) is 4.79 Å². The van der Waals surface area contributed by atoms with Gasteiger partial charge in [0.15, 0.2) is 5.65 Å². The summed E-state index contributed by atoms with van der Waals surface area (Å²) in [6.07, 6.45) is 6.66. The zero-order valence-corrected chi connectivity index (χ0v) is 14.3. The van der Waals surface area contributed by atoms with Gasteiger partial charge in [0.1, 0.15) is 11.4 Å². The normalized spacial score (nSPS) is 17.6. The maximum absolute atomic E-state index is 13.5. The molecule has 1 amide bonds. The van der Waals surface area contributed by atoms with E-state index in [4.69, 9.17) is 0 Å². The second-order valence-corrected chi connectivity index (χ2v) is 6.73. The highest BCUT2D eigenvalue weighted by atomic mass is 79.9. The molecule has 2 aromatic heterocycles. The molecule has 1 aliphatic rings. The van der Waals surface area contributed by atoms with E-state index in [9.17, 15) is 9.18 Å². The lowest BCUT2D eigenvalue weighted by Crippen LogP contribution is -2.30. The minimum Gasteiger partial charge on any atom is -0.331 e. The summed E-state index contributed by atoms with van der Waals surface area (Å²) in [5.41, 5.74) is 1.81. The van der Waals surface area contributed by atoms with Gasteiger partial charge >= 0.3 is 0 Å². The quantitative estimate of drug-likeness (QED) is 0.673. The lowest BCUT2D eigenvalue weighted by Gasteiger charge is -2.24. The highest BCUT2D eigenvalue weighted by molar-refractivity contribution is 9.10. The van der Waals surface area contributed by atoms with Crippen LogP contribution in [-0.4, -0.2) is 31.9 Å². The van der Waals surface area contributed by atoms with Gasteiger partial charge < -0.3 is 4.90 Å². The summed E-state index contributed by atoms with van der Waals surface area (Å²) >= 11 is 3.34. The van der Waals surface area contributed by atoms with Crippen LogP contribution in [0.2, 0.25) is 0 Å². The largest absolute Gasteiger partial charge is 0.331 e. The number of carbonyl (C=O) groups is 1. The molecule has 1 aliphatic heterocycles. The van der Waals surface area contributed by atoms with Crippen LogP contribution in [0.1, 0.15) is 34.8 Å². The van der Waals surface area contributed by atoms with Gasteiger partial charge in [-0.25, -0.2) is 13.9 Å². The summed E-state index contributed by atoms with van der Waals surface area (Å²) in [6, 6.07) is 6.35. The van der Waals surface area contributed by atoms with Crippen LogP contribution in [0.5, 0.6) is 0 Å². The minimum atomic E-state index is -0.283. The molecule has 0 radical (unpaired) electrons. The molecule has 3 heterocycles. The van der Waals surface area contributed by atoms with E-state index in [1.165, 1.54) is 18.3 Å². The van der Waals surface area contributed by atoms with Crippen molar-refractivity contribution >= 4 is 27.5 Å². The number of aromatic nitrogens is 3. The molecule has 122 valence electrons. The summed E-state index contributed by atoms with van der Waals surface area (Å²) in [7, 11) is 0. The average Bonchev–Trinajstić information content (AvgIpc) is 3.20. The first kappa shape index (κ1) is 15.3. The monoisotopic (exact) mass is 388 g/mol. The van der Waals surface area contributed by atoms with Crippen molar-refractivity contribution < 1.29 is 9.18 Å². The molecule has 3 aromatic rings. The van der Waals surface area contributed by atoms with Crippen LogP contribution < -0.4 is 0 Å². The maximum Gasteiger partial charge on any atom is 0.259 e. The Labute approximate surface area is 146 Å². The van der Waals surface area contributed by atoms with E-state index in [-0.39, 0.29) is 17.8 Å². The average molecular weight is 389 g/mol. The number of amides is 1. The van der Waals surface area contributed by atoms with Gasteiger partial charge in [0.25, 0.3) is 5.91 Å². The Balaban J connectivity index is 1.70. The van der Waals surface area contributed by atoms with Gasteiger partial charge in [-0.2, -0.15) is 5.10 Å². The second-order valence-electron chi connectivity index (χ2n) is 5.81. The molecule has 1 fully saturated rings. The predicted molar refractivity (Wildman–Crippen MR) is 90.1 cm³/mol. The number of rotatable bonds is 2. The molecule has 7 heteroatoms. The number of benzene rings is 1. The topological polar surface area (TPSA) is 50.5 Å². The van der Waals surface area contributed by atoms with Gasteiger partial charge in [-0.05, 0) is 46.5 Å². The Morgan fingerprint density at radius 3 is 3.04 bits per heavy atom. The van der Waals surface area contributed by atoms with Crippen molar-refractivity contribution in [2.75, 3.05) is 6.54 Å². The van der Waals surface area contributed by atoms with E-state index in [1.807, 2.05) is 6.07 Å². The zero-order chi connectivity index (χ0) is 16.7. The zero-order valence-electron chi connectivity index (χ0n) is 12.7. The number of hydrogen-bond acceptors (Lipinski definition) is 3. The Hall–Kier alpha value is -2.28. The number of nitrogens with zero attached hydrogens (tertiary/aromatic N) is 4. The minimum absolute atomic E-state index is 0.112. The Bertz CT molecular complexity index is 926. The van der Waals surface area contributed by atoms with Crippen LogP contribution in [0.3, 0.4) is 0 Å². The molecule has 0 spiro atoms. The van der Waals surface area contributed by atoms with Crippen LogP contribution >= 0.6 is 15.9 Å². The van der Waals surface area contributed by atoms with Crippen molar-refractivity contribution in [3.05, 3.63) is 64.3 Å². The van der Waals surface area contributed by atoms with Gasteiger partial charge in [-0.15, -0.1) is 0 Å². The van der Waals surface area contributed by atoms with Crippen molar-refractivity contribution in [1.29, 1.82) is 0 Å². The van der Waals surface area contributed by atoms with E-state index in [2.05, 4.69) is 26.0 Å². The Morgan fingerprint density at radius 1 is 1.33 bits per heavy atom. The van der Waals surface area contributed by atoms with Gasteiger partial charge in [0.2, 0.25) is 0 Å². The number of likely N-dealkylation sites (tertiary alicyclic amines) is 1. The summed E-state index contributed by atoms with van der Waals surface area (Å²) < 4.78 is 15.9. The molecule has 0 saturated carbocycles. The fourth-order valence-electron chi connectivity index (χ4n) is 3.23. The molecular formula is C17H14BrFN4O. The molecule has 0 aliphatic carbocycles. The highest BCUT2D eigenvalue weighted by Gasteiger charge is 2.32. The molecule has 5 nitrogen and oxygen atoms in total. The molecule has 1 atom stereocenters. The van der Waals surface area contributed by atoms with Gasteiger partial charge in [0, 0.05) is 18.9 Å². The van der Waals surface area contributed by atoms with Gasteiger partial charge in [-0.1, -0.05) is 12.1 Å². The summed E-state index contributed by atoms with van der Waals surface area (Å²) in [6.45, 7) is 0.647. The Kier molecular flexibility index (Phi) is 3.80. The third kappa shape index (κ3) is 2.58. The summed E-state index contributed by atoms with van der Waals surface area (Å²) in [5, 5.41) is 4.20. The number of halogens is 2. The maximum atomic E-state index is 13.5. The number of carbonyl (C=O) groups excluding carboxylic acids is 1. The lowest BCUT2D eigenvalue weighted by atomic mass is 10.0. The van der Waals surface area contributed by atoms with Crippen LogP contribution in [0.4, 0.5) is 4.39 Å². The highest BCUT2D eigenvalue weighted by Crippen LogP contribution is 2.33. The van der Waals surface area contributed by atoms with Gasteiger partial charge in [0.05, 0.1) is 16.7 Å². The second kappa shape index (κ2) is 5.98. The van der Waals surface area contributed by atoms with E-state index in [1.54, 1.807) is 27.9 Å². The van der Waals surface area contributed by atoms with E-state index in [0.717, 1.165) is 22.9 Å². The van der Waals surface area contributed by atoms with Crippen LogP contribution in [0.25, 0.3) is 5.65 Å². The molecule has 0 unspecified atom stereocenters. The fraction of sp³-hybridized carbons (Fsp3) is 0.235. The van der Waals surface area contributed by atoms with E-state index < -0.39 is 0 Å². The first-order valence-electron chi connectivity index (χ1n) is 7.69. The molecule has 0 N–H and O–H groups in total. The molecule has 1 aromatic carbocycles. The molecule has 4 rings (SSSR count). The third-order valence-corrected chi connectivity index (χ3v) is 4.71. The van der Waals surface area contributed by atoms with E-state index in [0.29, 0.717) is 17.8 Å². The molecule has 1 saturated heterocycles. The fourth-order valence-corrected chi connectivity index (χ4v) is 3.52. The van der Waals surface area contributed by atoms with Crippen molar-refractivity contribution in [2.24, 2.45) is 0 Å². The standard InChI is InChI=1S/C17H14BrFN4O/c18-12-8-20-16-14(9-21-23(16)10-12)17(24)22-6-2-5-15(22)11-3-1-4-13(19)7-11/h1,3-4,7-10,15H,2,5-6H2/t15-/m0/s1. The molecule has 24 heavy (non-hydrogen) atoms. The van der Waals surface area contributed by atoms with Crippen molar-refractivity contribution in [3.63, 3.8) is 0 Å². The SMILES string of the molecule is O=C(c1cnn2cc(Br)cnc12)N1CCC[C@H]1c1cccc(F)c1. The van der Waals surface area contributed by atoms with Crippen molar-refractivity contribution in [3.8, 4) is 0 Å². The lowest BCUT2D eigenvalue weighted by molar-refractivity contribution is 0.0737. The number of fused-ring (bicyclic) bond motifs is 1. The Morgan fingerprint density at radius 2 is 2.21 bits per heavy atom. The van der Waals surface area contributed by atoms with Crippen molar-refractivity contribution in [1.82, 2.24) is 19.5 Å².